The van der Waals surface area contributed by atoms with Crippen LogP contribution >= 0.6 is 11.9 Å². The number of fused-ring (bicyclic) bond motifs is 1. The molecule has 0 heterocycles. The van der Waals surface area contributed by atoms with Crippen molar-refractivity contribution in [2.75, 3.05) is 0 Å². The van der Waals surface area contributed by atoms with Crippen LogP contribution in [0.5, 0.6) is 0 Å². The number of benzene rings is 1. The largest absolute Gasteiger partial charge is 0.425 e. The molecule has 1 atom stereocenters. The maximum atomic E-state index is 13.6. The van der Waals surface area contributed by atoms with Crippen LogP contribution in [0, 0.1) is 0 Å². The van der Waals surface area contributed by atoms with Gasteiger partial charge in [-0.05, 0) is 30.5 Å². The number of hydrogen-bond acceptors (Lipinski definition) is 3. The van der Waals surface area contributed by atoms with Crippen molar-refractivity contribution in [3.8, 4) is 0 Å². The van der Waals surface area contributed by atoms with E-state index >= 15 is 0 Å². The molecule has 1 N–H and O–H groups in total. The normalized spacial score (nSPS) is 21.0. The molecule has 0 saturated carbocycles. The van der Waals surface area contributed by atoms with E-state index in [-0.39, 0.29) is 23.1 Å². The molecular weight excluding hydrogens is 333 g/mol. The molecule has 1 aromatic carbocycles. The van der Waals surface area contributed by atoms with Crippen molar-refractivity contribution in [2.45, 2.75) is 32.0 Å². The van der Waals surface area contributed by atoms with Gasteiger partial charge in [-0.3, -0.25) is 4.79 Å². The molecule has 1 unspecified atom stereocenters. The molecule has 124 valence electrons. The van der Waals surface area contributed by atoms with Gasteiger partial charge in [-0.15, -0.1) is 0 Å². The van der Waals surface area contributed by atoms with Gasteiger partial charge >= 0.3 is 12.1 Å². The Morgan fingerprint density at radius 3 is 2.61 bits per heavy atom. The van der Waals surface area contributed by atoms with Gasteiger partial charge in [-0.25, -0.2) is 0 Å². The predicted octanol–water partition coefficient (Wildman–Crippen LogP) is 4.04. The molecule has 0 aromatic heterocycles. The van der Waals surface area contributed by atoms with Crippen molar-refractivity contribution in [1.82, 2.24) is 0 Å². The number of aliphatic hydroxyl groups is 1. The second-order valence-electron chi connectivity index (χ2n) is 5.25. The van der Waals surface area contributed by atoms with Crippen LogP contribution in [0.4, 0.5) is 13.2 Å². The molecule has 0 radical (unpaired) electrons. The number of rotatable bonds is 3. The summed E-state index contributed by atoms with van der Waals surface area (Å²) in [7, 11) is 0. The quantitative estimate of drug-likeness (QED) is 0.898. The minimum atomic E-state index is -4.90. The Morgan fingerprint density at radius 2 is 2.09 bits per heavy atom. The highest BCUT2D eigenvalue weighted by Gasteiger charge is 2.60. The number of alkyl halides is 3. The van der Waals surface area contributed by atoms with Crippen molar-refractivity contribution < 1.29 is 27.4 Å². The predicted molar refractivity (Wildman–Crippen MR) is 79.5 cm³/mol. The van der Waals surface area contributed by atoms with Crippen LogP contribution in [0.15, 0.2) is 35.9 Å². The number of carbonyl (C=O) groups excluding carboxylic acids is 1. The minimum Gasteiger partial charge on any atom is -0.372 e. The van der Waals surface area contributed by atoms with E-state index in [9.17, 15) is 23.1 Å². The van der Waals surface area contributed by atoms with E-state index in [4.69, 9.17) is 11.9 Å². The first kappa shape index (κ1) is 17.6. The Kier molecular flexibility index (Phi) is 4.59. The third-order valence-electron chi connectivity index (χ3n) is 3.85. The zero-order chi connectivity index (χ0) is 17.4. The van der Waals surface area contributed by atoms with Crippen LogP contribution in [0.1, 0.15) is 30.5 Å². The Labute approximate surface area is 136 Å². The first-order chi connectivity index (χ1) is 10.7. The lowest BCUT2D eigenvalue weighted by Crippen LogP contribution is -2.42. The highest BCUT2D eigenvalue weighted by atomic mass is 35.5. The topological polar surface area (TPSA) is 46.5 Å². The minimum absolute atomic E-state index is 0.223. The summed E-state index contributed by atoms with van der Waals surface area (Å²) in [4.78, 5) is 11.2. The molecule has 1 aliphatic carbocycles. The number of halogens is 4. The fraction of sp³-hybridized carbons (Fsp3) is 0.312. The number of allylic oxidation sites excluding steroid dienone is 2. The highest BCUT2D eigenvalue weighted by Crippen LogP contribution is 2.53. The second-order valence-corrected chi connectivity index (χ2v) is 5.41. The fourth-order valence-corrected chi connectivity index (χ4v) is 2.86. The van der Waals surface area contributed by atoms with E-state index in [1.165, 1.54) is 31.2 Å². The average molecular weight is 347 g/mol. The van der Waals surface area contributed by atoms with Gasteiger partial charge < -0.3 is 9.40 Å². The van der Waals surface area contributed by atoms with Crippen LogP contribution < -0.4 is 0 Å². The van der Waals surface area contributed by atoms with Crippen LogP contribution in [0.2, 0.25) is 0 Å². The van der Waals surface area contributed by atoms with Crippen molar-refractivity contribution in [2.24, 2.45) is 0 Å². The van der Waals surface area contributed by atoms with E-state index in [1.807, 2.05) is 0 Å². The van der Waals surface area contributed by atoms with Crippen molar-refractivity contribution in [3.05, 3.63) is 52.6 Å². The zero-order valence-electron chi connectivity index (χ0n) is 12.4. The summed E-state index contributed by atoms with van der Waals surface area (Å²) in [5.74, 6) is -0.793. The Hall–Kier alpha value is -1.79. The zero-order valence-corrected chi connectivity index (χ0v) is 13.1. The molecule has 1 aliphatic rings. The lowest BCUT2D eigenvalue weighted by molar-refractivity contribution is -0.247. The summed E-state index contributed by atoms with van der Waals surface area (Å²) in [5.41, 5.74) is -2.73. The molecular formula is C16H14ClF3O3. The third kappa shape index (κ3) is 2.77. The molecule has 0 aliphatic heterocycles. The van der Waals surface area contributed by atoms with Gasteiger partial charge in [0.25, 0.3) is 0 Å². The van der Waals surface area contributed by atoms with Crippen molar-refractivity contribution >= 4 is 23.4 Å². The van der Waals surface area contributed by atoms with E-state index in [2.05, 4.69) is 4.29 Å². The molecule has 2 rings (SSSR count). The molecule has 0 amide bonds. The number of hydrogen-bond donors (Lipinski definition) is 1. The molecule has 1 aromatic rings. The van der Waals surface area contributed by atoms with E-state index < -0.39 is 17.7 Å². The molecule has 23 heavy (non-hydrogen) atoms. The summed E-state index contributed by atoms with van der Waals surface area (Å²) < 4.78 is 44.8. The molecule has 0 fully saturated rings. The summed E-state index contributed by atoms with van der Waals surface area (Å²) in [6, 6.07) is 4.12. The van der Waals surface area contributed by atoms with Gasteiger partial charge in [0, 0.05) is 11.1 Å². The maximum Gasteiger partial charge on any atom is 0.425 e. The van der Waals surface area contributed by atoms with Crippen LogP contribution in [0.25, 0.3) is 5.57 Å². The fourth-order valence-electron chi connectivity index (χ4n) is 2.80. The standard InChI is InChI=1S/C16H14ClF3O3/c1-3-4-12-9(2)11-6-5-10(8-14(21)23-17)7-13(11)15(12,22)16(18,19)20/h3-7,22H,8H2,1-2H3/b4-3-. The Bertz CT molecular complexity index is 707. The van der Waals surface area contributed by atoms with Gasteiger partial charge in [0.15, 0.2) is 0 Å². The Balaban J connectivity index is 2.64. The van der Waals surface area contributed by atoms with Crippen molar-refractivity contribution in [1.29, 1.82) is 0 Å². The lowest BCUT2D eigenvalue weighted by Gasteiger charge is -2.29. The molecule has 0 spiro atoms. The molecule has 0 saturated heterocycles. The maximum absolute atomic E-state index is 13.6. The van der Waals surface area contributed by atoms with Crippen LogP contribution in [-0.2, 0) is 21.1 Å². The van der Waals surface area contributed by atoms with Gasteiger partial charge in [-0.2, -0.15) is 13.2 Å². The monoisotopic (exact) mass is 346 g/mol. The smallest absolute Gasteiger partial charge is 0.372 e. The molecule has 7 heteroatoms. The van der Waals surface area contributed by atoms with Gasteiger partial charge in [0.2, 0.25) is 5.60 Å². The van der Waals surface area contributed by atoms with E-state index in [0.29, 0.717) is 11.1 Å². The summed E-state index contributed by atoms with van der Waals surface area (Å²) >= 11 is 4.94. The van der Waals surface area contributed by atoms with Gasteiger partial charge in [-0.1, -0.05) is 30.4 Å². The average Bonchev–Trinajstić information content (AvgIpc) is 2.70. The lowest BCUT2D eigenvalue weighted by atomic mass is 9.88. The molecule has 3 nitrogen and oxygen atoms in total. The molecule has 0 bridgehead atoms. The Morgan fingerprint density at radius 1 is 1.43 bits per heavy atom. The van der Waals surface area contributed by atoms with Crippen LogP contribution in [0.3, 0.4) is 0 Å². The van der Waals surface area contributed by atoms with E-state index in [0.717, 1.165) is 6.07 Å². The first-order valence-electron chi connectivity index (χ1n) is 6.75. The number of carbonyl (C=O) groups is 1. The third-order valence-corrected chi connectivity index (χ3v) is 4.02. The highest BCUT2D eigenvalue weighted by molar-refractivity contribution is 6.13. The summed E-state index contributed by atoms with van der Waals surface area (Å²) in [6.45, 7) is 3.09. The van der Waals surface area contributed by atoms with Gasteiger partial charge in [0.1, 0.15) is 11.9 Å². The van der Waals surface area contributed by atoms with Crippen LogP contribution in [-0.4, -0.2) is 17.3 Å². The SMILES string of the molecule is C/C=C\C1=C(C)c2ccc(CC(=O)OCl)cc2C1(O)C(F)(F)F. The van der Waals surface area contributed by atoms with E-state index in [1.54, 1.807) is 6.92 Å². The van der Waals surface area contributed by atoms with Crippen molar-refractivity contribution in [3.63, 3.8) is 0 Å². The van der Waals surface area contributed by atoms with Gasteiger partial charge in [0.05, 0.1) is 6.42 Å². The first-order valence-corrected chi connectivity index (χ1v) is 7.06. The second kappa shape index (κ2) is 6.02. The summed E-state index contributed by atoms with van der Waals surface area (Å²) in [5, 5.41) is 10.5. The summed E-state index contributed by atoms with van der Waals surface area (Å²) in [6.07, 6.45) is -2.51.